The summed E-state index contributed by atoms with van der Waals surface area (Å²) in [6.45, 7) is 0. The van der Waals surface area contributed by atoms with E-state index in [0.717, 1.165) is 17.1 Å². The molecular weight excluding hydrogens is 703 g/mol. The van der Waals surface area contributed by atoms with Crippen molar-refractivity contribution in [2.45, 2.75) is 0 Å². The monoisotopic (exact) mass is 735 g/mol. The Hall–Kier alpha value is -6.52. The maximum Gasteiger partial charge on any atom is 0.0540 e. The molecule has 11 rings (SSSR count). The molecule has 0 saturated carbocycles. The molecule has 0 atom stereocenters. The second-order valence-corrected chi connectivity index (χ2v) is 16.2. The van der Waals surface area contributed by atoms with Crippen molar-refractivity contribution in [3.8, 4) is 33.4 Å². The lowest BCUT2D eigenvalue weighted by atomic mass is 9.95. The van der Waals surface area contributed by atoms with E-state index < -0.39 is 0 Å². The van der Waals surface area contributed by atoms with Gasteiger partial charge in [0.2, 0.25) is 0 Å². The summed E-state index contributed by atoms with van der Waals surface area (Å²) in [6, 6.07) is 73.5. The van der Waals surface area contributed by atoms with Crippen LogP contribution in [0.3, 0.4) is 0 Å². The molecule has 258 valence electrons. The van der Waals surface area contributed by atoms with E-state index in [-0.39, 0.29) is 0 Å². The first kappa shape index (κ1) is 32.0. The maximum absolute atomic E-state index is 2.46. The van der Waals surface area contributed by atoms with Gasteiger partial charge in [0.25, 0.3) is 0 Å². The van der Waals surface area contributed by atoms with Gasteiger partial charge >= 0.3 is 0 Å². The average molecular weight is 736 g/mol. The Morgan fingerprint density at radius 3 is 1.73 bits per heavy atom. The molecule has 9 aromatic carbocycles. The lowest BCUT2D eigenvalue weighted by Gasteiger charge is -2.29. The Labute approximate surface area is 327 Å². The van der Waals surface area contributed by atoms with Crippen LogP contribution in [-0.2, 0) is 0 Å². The zero-order chi connectivity index (χ0) is 36.3. The summed E-state index contributed by atoms with van der Waals surface area (Å²) < 4.78 is 5.25. The van der Waals surface area contributed by atoms with Crippen molar-refractivity contribution in [3.05, 3.63) is 200 Å². The van der Waals surface area contributed by atoms with Crippen molar-refractivity contribution in [1.82, 2.24) is 0 Å². The molecule has 55 heavy (non-hydrogen) atoms. The topological polar surface area (TPSA) is 3.24 Å². The molecule has 0 spiro atoms. The van der Waals surface area contributed by atoms with Crippen molar-refractivity contribution in [2.75, 3.05) is 4.90 Å². The van der Waals surface area contributed by atoms with Gasteiger partial charge in [-0.3, -0.25) is 0 Å². The van der Waals surface area contributed by atoms with Gasteiger partial charge in [0.05, 0.1) is 5.69 Å². The van der Waals surface area contributed by atoms with Gasteiger partial charge in [0.15, 0.2) is 0 Å². The highest BCUT2D eigenvalue weighted by molar-refractivity contribution is 7.26. The van der Waals surface area contributed by atoms with E-state index in [9.17, 15) is 0 Å². The number of anilines is 3. The number of benzene rings is 9. The SMILES string of the molecule is c1cc(-c2ccc3sc4ccccc4c3c2)cc(N(c2cccc(-c3cccc4ccccc34)c2)c2ccccc2-c2cccc3sc4ccccc4c23)c1. The summed E-state index contributed by atoms with van der Waals surface area (Å²) in [5.74, 6) is 0. The van der Waals surface area contributed by atoms with Gasteiger partial charge in [-0.05, 0) is 99.3 Å². The Bertz CT molecular complexity index is 3230. The van der Waals surface area contributed by atoms with Crippen LogP contribution >= 0.6 is 22.7 Å². The first-order valence-corrected chi connectivity index (χ1v) is 20.3. The van der Waals surface area contributed by atoms with E-state index in [0.29, 0.717) is 0 Å². The largest absolute Gasteiger partial charge is 0.310 e. The zero-order valence-electron chi connectivity index (χ0n) is 29.8. The molecule has 0 N–H and O–H groups in total. The molecule has 0 aliphatic rings. The van der Waals surface area contributed by atoms with Crippen LogP contribution in [-0.4, -0.2) is 0 Å². The van der Waals surface area contributed by atoms with Crippen LogP contribution in [0.25, 0.3) is 84.5 Å². The van der Waals surface area contributed by atoms with Crippen molar-refractivity contribution >= 4 is 90.9 Å². The Kier molecular flexibility index (Phi) is 7.61. The summed E-state index contributed by atoms with van der Waals surface area (Å²) in [7, 11) is 0. The highest BCUT2D eigenvalue weighted by atomic mass is 32.1. The molecule has 0 unspecified atom stereocenters. The van der Waals surface area contributed by atoms with Gasteiger partial charge in [-0.15, -0.1) is 22.7 Å². The van der Waals surface area contributed by atoms with Crippen LogP contribution in [0.4, 0.5) is 17.1 Å². The average Bonchev–Trinajstić information content (AvgIpc) is 3.82. The molecule has 0 aliphatic carbocycles. The van der Waals surface area contributed by atoms with Crippen LogP contribution < -0.4 is 4.90 Å². The molecule has 1 nitrogen and oxygen atoms in total. The number of hydrogen-bond acceptors (Lipinski definition) is 3. The fourth-order valence-corrected chi connectivity index (χ4v) is 10.6. The Morgan fingerprint density at radius 2 is 0.855 bits per heavy atom. The van der Waals surface area contributed by atoms with Crippen LogP contribution in [0.1, 0.15) is 0 Å². The Morgan fingerprint density at radius 1 is 0.309 bits per heavy atom. The summed E-state index contributed by atoms with van der Waals surface area (Å²) in [6.07, 6.45) is 0. The molecule has 2 aromatic heterocycles. The molecule has 11 aromatic rings. The third kappa shape index (κ3) is 5.43. The minimum atomic E-state index is 1.11. The molecule has 0 aliphatic heterocycles. The summed E-state index contributed by atoms with van der Waals surface area (Å²) in [4.78, 5) is 2.46. The third-order valence-electron chi connectivity index (χ3n) is 10.9. The van der Waals surface area contributed by atoms with E-state index in [1.807, 2.05) is 22.7 Å². The van der Waals surface area contributed by atoms with Gasteiger partial charge in [0.1, 0.15) is 0 Å². The minimum Gasteiger partial charge on any atom is -0.310 e. The minimum absolute atomic E-state index is 1.11. The van der Waals surface area contributed by atoms with Crippen molar-refractivity contribution in [1.29, 1.82) is 0 Å². The van der Waals surface area contributed by atoms with Gasteiger partial charge in [0, 0.05) is 57.3 Å². The van der Waals surface area contributed by atoms with Gasteiger partial charge in [-0.25, -0.2) is 0 Å². The first-order chi connectivity index (χ1) is 27.3. The molecular formula is C52H33NS2. The van der Waals surface area contributed by atoms with Gasteiger partial charge < -0.3 is 4.90 Å². The fourth-order valence-electron chi connectivity index (χ4n) is 8.34. The van der Waals surface area contributed by atoms with E-state index in [1.54, 1.807) is 0 Å². The number of rotatable bonds is 6. The van der Waals surface area contributed by atoms with E-state index in [4.69, 9.17) is 0 Å². The van der Waals surface area contributed by atoms with Crippen molar-refractivity contribution < 1.29 is 0 Å². The number of hydrogen-bond donors (Lipinski definition) is 0. The molecule has 0 fully saturated rings. The molecule has 0 saturated heterocycles. The van der Waals surface area contributed by atoms with E-state index >= 15 is 0 Å². The molecule has 3 heteroatoms. The van der Waals surface area contributed by atoms with Crippen molar-refractivity contribution in [2.24, 2.45) is 0 Å². The van der Waals surface area contributed by atoms with E-state index in [1.165, 1.54) is 84.5 Å². The third-order valence-corrected chi connectivity index (χ3v) is 13.1. The van der Waals surface area contributed by atoms with Crippen LogP contribution in [0.2, 0.25) is 0 Å². The standard InChI is InChI=1S/C52H33NS2/c1-2-19-40-34(13-1)14-11-23-41(40)37-16-10-18-39(32-37)53(38-17-9-15-35(31-38)36-29-30-50-46(33-36)43-21-4-7-26-48(43)54-50)47-25-6-3-20-42(47)44-24-12-28-51-52(44)45-22-5-8-27-49(45)55-51/h1-33H. The predicted octanol–water partition coefficient (Wildman–Crippen LogP) is 16.0. The second-order valence-electron chi connectivity index (χ2n) is 14.1. The number of fused-ring (bicyclic) bond motifs is 7. The fraction of sp³-hybridized carbons (Fsp3) is 0. The lowest BCUT2D eigenvalue weighted by Crippen LogP contribution is -2.11. The normalized spacial score (nSPS) is 11.6. The highest BCUT2D eigenvalue weighted by Gasteiger charge is 2.21. The molecule has 0 amide bonds. The number of para-hydroxylation sites is 1. The number of thiophene rings is 2. The van der Waals surface area contributed by atoms with Gasteiger partial charge in [-0.2, -0.15) is 0 Å². The molecule has 2 heterocycles. The summed E-state index contributed by atoms with van der Waals surface area (Å²) >= 11 is 3.73. The highest BCUT2D eigenvalue weighted by Crippen LogP contribution is 2.47. The van der Waals surface area contributed by atoms with Gasteiger partial charge in [-0.1, -0.05) is 140 Å². The van der Waals surface area contributed by atoms with Crippen LogP contribution in [0.5, 0.6) is 0 Å². The lowest BCUT2D eigenvalue weighted by molar-refractivity contribution is 1.28. The summed E-state index contributed by atoms with van der Waals surface area (Å²) in [5, 5.41) is 7.73. The first-order valence-electron chi connectivity index (χ1n) is 18.7. The molecule has 0 radical (unpaired) electrons. The predicted molar refractivity (Wildman–Crippen MR) is 241 cm³/mol. The second kappa shape index (κ2) is 13.1. The maximum atomic E-state index is 2.46. The zero-order valence-corrected chi connectivity index (χ0v) is 31.4. The Balaban J connectivity index is 1.13. The molecule has 0 bridgehead atoms. The van der Waals surface area contributed by atoms with Crippen LogP contribution in [0.15, 0.2) is 200 Å². The summed E-state index contributed by atoms with van der Waals surface area (Å²) in [5.41, 5.74) is 10.6. The van der Waals surface area contributed by atoms with Crippen molar-refractivity contribution in [3.63, 3.8) is 0 Å². The quantitative estimate of drug-likeness (QED) is 0.164. The van der Waals surface area contributed by atoms with E-state index in [2.05, 4.69) is 205 Å². The number of nitrogens with zero attached hydrogens (tertiary/aromatic N) is 1. The van der Waals surface area contributed by atoms with Crippen LogP contribution in [0, 0.1) is 0 Å². The smallest absolute Gasteiger partial charge is 0.0540 e.